The molecule has 1 saturated heterocycles. The minimum absolute atomic E-state index is 0.0474. The van der Waals surface area contributed by atoms with E-state index in [2.05, 4.69) is 5.32 Å². The molecular formula is C22H26N2O3. The predicted molar refractivity (Wildman–Crippen MR) is 105 cm³/mol. The molecule has 27 heavy (non-hydrogen) atoms. The first-order valence-corrected chi connectivity index (χ1v) is 9.34. The lowest BCUT2D eigenvalue weighted by Gasteiger charge is -2.32. The Bertz CT molecular complexity index is 793. The first-order chi connectivity index (χ1) is 13.1. The summed E-state index contributed by atoms with van der Waals surface area (Å²) >= 11 is 0. The van der Waals surface area contributed by atoms with Crippen molar-refractivity contribution in [2.75, 3.05) is 20.2 Å². The highest BCUT2D eigenvalue weighted by molar-refractivity contribution is 5.94. The van der Waals surface area contributed by atoms with E-state index in [0.29, 0.717) is 25.1 Å². The van der Waals surface area contributed by atoms with Gasteiger partial charge in [0.25, 0.3) is 5.91 Å². The van der Waals surface area contributed by atoms with E-state index in [1.807, 2.05) is 60.4 Å². The highest BCUT2D eigenvalue weighted by Crippen LogP contribution is 2.20. The Morgan fingerprint density at radius 3 is 2.41 bits per heavy atom. The number of nitrogens with zero attached hydrogens (tertiary/aromatic N) is 1. The van der Waals surface area contributed by atoms with Crippen molar-refractivity contribution < 1.29 is 14.3 Å². The van der Waals surface area contributed by atoms with Crippen LogP contribution in [0.25, 0.3) is 0 Å². The molecule has 2 aromatic carbocycles. The van der Waals surface area contributed by atoms with E-state index in [-0.39, 0.29) is 17.9 Å². The van der Waals surface area contributed by atoms with Crippen molar-refractivity contribution in [2.45, 2.75) is 32.2 Å². The van der Waals surface area contributed by atoms with Gasteiger partial charge in [-0.05, 0) is 38.0 Å². The van der Waals surface area contributed by atoms with Gasteiger partial charge in [-0.1, -0.05) is 35.9 Å². The van der Waals surface area contributed by atoms with Crippen LogP contribution in [0.5, 0.6) is 5.75 Å². The first-order valence-electron chi connectivity index (χ1n) is 9.34. The summed E-state index contributed by atoms with van der Waals surface area (Å²) in [7, 11) is 1.62. The number of rotatable bonds is 5. The molecule has 0 aromatic heterocycles. The van der Waals surface area contributed by atoms with E-state index in [1.165, 1.54) is 0 Å². The maximum Gasteiger partial charge on any atom is 0.251 e. The van der Waals surface area contributed by atoms with Crippen LogP contribution in [-0.4, -0.2) is 43.0 Å². The second-order valence-corrected chi connectivity index (χ2v) is 6.98. The fourth-order valence-electron chi connectivity index (χ4n) is 3.37. The molecule has 0 unspecified atom stereocenters. The minimum atomic E-state index is -0.0474. The summed E-state index contributed by atoms with van der Waals surface area (Å²) in [5.41, 5.74) is 2.71. The van der Waals surface area contributed by atoms with Crippen molar-refractivity contribution in [3.05, 3.63) is 65.2 Å². The van der Waals surface area contributed by atoms with E-state index < -0.39 is 0 Å². The van der Waals surface area contributed by atoms with Crippen molar-refractivity contribution in [1.29, 1.82) is 0 Å². The summed E-state index contributed by atoms with van der Waals surface area (Å²) in [6.45, 7) is 3.32. The number of benzene rings is 2. The van der Waals surface area contributed by atoms with Crippen molar-refractivity contribution in [3.63, 3.8) is 0 Å². The van der Waals surface area contributed by atoms with E-state index in [0.717, 1.165) is 29.7 Å². The topological polar surface area (TPSA) is 58.6 Å². The lowest BCUT2D eigenvalue weighted by atomic mass is 10.0. The van der Waals surface area contributed by atoms with Crippen LogP contribution in [0, 0.1) is 6.92 Å². The van der Waals surface area contributed by atoms with Gasteiger partial charge in [0.2, 0.25) is 5.91 Å². The van der Waals surface area contributed by atoms with E-state index >= 15 is 0 Å². The number of hydrogen-bond acceptors (Lipinski definition) is 3. The van der Waals surface area contributed by atoms with Crippen molar-refractivity contribution in [3.8, 4) is 5.75 Å². The molecule has 1 aliphatic rings. The Kier molecular flexibility index (Phi) is 6.12. The van der Waals surface area contributed by atoms with Crippen molar-refractivity contribution >= 4 is 11.8 Å². The molecule has 1 N–H and O–H groups in total. The van der Waals surface area contributed by atoms with Gasteiger partial charge in [-0.15, -0.1) is 0 Å². The van der Waals surface area contributed by atoms with Gasteiger partial charge in [0.15, 0.2) is 0 Å². The SMILES string of the molecule is COc1ccccc1CC(=O)N1CCC(NC(=O)c2ccc(C)cc2)CC1. The van der Waals surface area contributed by atoms with Gasteiger partial charge < -0.3 is 15.0 Å². The van der Waals surface area contributed by atoms with Gasteiger partial charge in [0, 0.05) is 30.3 Å². The summed E-state index contributed by atoms with van der Waals surface area (Å²) in [5.74, 6) is 0.794. The molecule has 0 radical (unpaired) electrons. The summed E-state index contributed by atoms with van der Waals surface area (Å²) in [6.07, 6.45) is 1.88. The molecular weight excluding hydrogens is 340 g/mol. The monoisotopic (exact) mass is 366 g/mol. The predicted octanol–water partition coefficient (Wildman–Crippen LogP) is 2.97. The van der Waals surface area contributed by atoms with Crippen LogP contribution in [0.3, 0.4) is 0 Å². The number of ether oxygens (including phenoxy) is 1. The lowest BCUT2D eigenvalue weighted by Crippen LogP contribution is -2.47. The number of nitrogens with one attached hydrogen (secondary N) is 1. The third-order valence-electron chi connectivity index (χ3n) is 5.03. The smallest absolute Gasteiger partial charge is 0.251 e. The normalized spacial score (nSPS) is 14.7. The molecule has 0 bridgehead atoms. The van der Waals surface area contributed by atoms with Gasteiger partial charge in [-0.25, -0.2) is 0 Å². The standard InChI is InChI=1S/C22H26N2O3/c1-16-7-9-17(10-8-16)22(26)23-19-11-13-24(14-12-19)21(25)15-18-5-3-4-6-20(18)27-2/h3-10,19H,11-15H2,1-2H3,(H,23,26). The van der Waals surface area contributed by atoms with Crippen LogP contribution in [0.2, 0.25) is 0 Å². The molecule has 0 atom stereocenters. The van der Waals surface area contributed by atoms with Crippen LogP contribution in [0.1, 0.15) is 34.3 Å². The maximum atomic E-state index is 12.6. The third-order valence-corrected chi connectivity index (χ3v) is 5.03. The Hall–Kier alpha value is -2.82. The molecule has 5 nitrogen and oxygen atoms in total. The average molecular weight is 366 g/mol. The molecule has 5 heteroatoms. The molecule has 2 aromatic rings. The maximum absolute atomic E-state index is 12.6. The first kappa shape index (κ1) is 19.0. The molecule has 3 rings (SSSR count). The zero-order valence-corrected chi connectivity index (χ0v) is 15.9. The molecule has 2 amide bonds. The summed E-state index contributed by atoms with van der Waals surface area (Å²) in [4.78, 5) is 26.8. The van der Waals surface area contributed by atoms with E-state index in [4.69, 9.17) is 4.74 Å². The summed E-state index contributed by atoms with van der Waals surface area (Å²) in [6, 6.07) is 15.3. The van der Waals surface area contributed by atoms with E-state index in [1.54, 1.807) is 7.11 Å². The van der Waals surface area contributed by atoms with E-state index in [9.17, 15) is 9.59 Å². The number of piperidine rings is 1. The van der Waals surface area contributed by atoms with Crippen molar-refractivity contribution in [2.24, 2.45) is 0 Å². The summed E-state index contributed by atoms with van der Waals surface area (Å²) in [5, 5.41) is 3.09. The van der Waals surface area contributed by atoms with Crippen LogP contribution < -0.4 is 10.1 Å². The Labute approximate surface area is 160 Å². The highest BCUT2D eigenvalue weighted by atomic mass is 16.5. The van der Waals surface area contributed by atoms with Crippen LogP contribution in [-0.2, 0) is 11.2 Å². The molecule has 0 saturated carbocycles. The second kappa shape index (κ2) is 8.71. The van der Waals surface area contributed by atoms with Gasteiger partial charge >= 0.3 is 0 Å². The number of carbonyl (C=O) groups is 2. The average Bonchev–Trinajstić information content (AvgIpc) is 2.69. The highest BCUT2D eigenvalue weighted by Gasteiger charge is 2.24. The fourth-order valence-corrected chi connectivity index (χ4v) is 3.37. The van der Waals surface area contributed by atoms with Gasteiger partial charge in [-0.2, -0.15) is 0 Å². The number of carbonyl (C=O) groups excluding carboxylic acids is 2. The second-order valence-electron chi connectivity index (χ2n) is 6.98. The van der Waals surface area contributed by atoms with Crippen LogP contribution >= 0.6 is 0 Å². The zero-order chi connectivity index (χ0) is 19.2. The summed E-state index contributed by atoms with van der Waals surface area (Å²) < 4.78 is 5.33. The quantitative estimate of drug-likeness (QED) is 0.885. The molecule has 142 valence electrons. The number of para-hydroxylation sites is 1. The lowest BCUT2D eigenvalue weighted by molar-refractivity contribution is -0.131. The Morgan fingerprint density at radius 1 is 1.07 bits per heavy atom. The number of likely N-dealkylation sites (tertiary alicyclic amines) is 1. The molecule has 1 aliphatic heterocycles. The van der Waals surface area contributed by atoms with Crippen molar-refractivity contribution in [1.82, 2.24) is 10.2 Å². The largest absolute Gasteiger partial charge is 0.496 e. The number of hydrogen-bond donors (Lipinski definition) is 1. The Morgan fingerprint density at radius 2 is 1.74 bits per heavy atom. The fraction of sp³-hybridized carbons (Fsp3) is 0.364. The number of aryl methyl sites for hydroxylation is 1. The number of amides is 2. The third kappa shape index (κ3) is 4.88. The molecule has 1 fully saturated rings. The van der Waals surface area contributed by atoms with Crippen LogP contribution in [0.4, 0.5) is 0 Å². The Balaban J connectivity index is 1.50. The molecule has 1 heterocycles. The van der Waals surface area contributed by atoms with Gasteiger partial charge in [0.1, 0.15) is 5.75 Å². The van der Waals surface area contributed by atoms with Crippen LogP contribution in [0.15, 0.2) is 48.5 Å². The zero-order valence-electron chi connectivity index (χ0n) is 15.9. The van der Waals surface area contributed by atoms with Gasteiger partial charge in [0.05, 0.1) is 13.5 Å². The van der Waals surface area contributed by atoms with Gasteiger partial charge in [-0.3, -0.25) is 9.59 Å². The molecule has 0 aliphatic carbocycles. The minimum Gasteiger partial charge on any atom is -0.496 e. The number of methoxy groups -OCH3 is 1. The molecule has 0 spiro atoms.